The minimum absolute atomic E-state index is 0.804. The van der Waals surface area contributed by atoms with E-state index < -0.39 is 33.2 Å². The average molecular weight is 248 g/mol. The normalized spacial score (nSPS) is 13.1. The summed E-state index contributed by atoms with van der Waals surface area (Å²) in [5.74, 6) is 0. The predicted molar refractivity (Wildman–Crippen MR) is 50.0 cm³/mol. The molecule has 0 aromatic heterocycles. The molecule has 9 heteroatoms. The van der Waals surface area contributed by atoms with E-state index in [0.29, 0.717) is 0 Å². The number of rotatable bonds is 4. The first kappa shape index (κ1) is 12.9. The van der Waals surface area contributed by atoms with E-state index in [1.807, 2.05) is 0 Å². The molecule has 1 aromatic carbocycles. The number of alkyl halides is 2. The van der Waals surface area contributed by atoms with Gasteiger partial charge < -0.3 is 5.11 Å². The van der Waals surface area contributed by atoms with Gasteiger partial charge in [0.25, 0.3) is 5.69 Å². The average Bonchev–Trinajstić information content (AvgIpc) is 2.27. The molecule has 0 aliphatic carbocycles. The van der Waals surface area contributed by atoms with E-state index in [0.717, 1.165) is 18.2 Å². The fourth-order valence-corrected chi connectivity index (χ4v) is 1.17. The highest BCUT2D eigenvalue weighted by molar-refractivity contribution is 5.41. The van der Waals surface area contributed by atoms with Crippen molar-refractivity contribution in [2.24, 2.45) is 0 Å². The van der Waals surface area contributed by atoms with Gasteiger partial charge in [-0.15, -0.1) is 8.78 Å². The Hall–Kier alpha value is -2.16. The SMILES string of the molecule is O=[N+]([O-])c1ccccc1C(O)C(F)(F)[N+](=O)[O-]. The van der Waals surface area contributed by atoms with Crippen molar-refractivity contribution < 1.29 is 23.7 Å². The second-order valence-corrected chi connectivity index (χ2v) is 3.06. The van der Waals surface area contributed by atoms with Crippen LogP contribution in [0.2, 0.25) is 0 Å². The molecular weight excluding hydrogens is 242 g/mol. The molecule has 1 rings (SSSR count). The minimum atomic E-state index is -4.69. The van der Waals surface area contributed by atoms with Gasteiger partial charge in [0.05, 0.1) is 15.4 Å². The molecule has 0 saturated heterocycles. The van der Waals surface area contributed by atoms with Crippen molar-refractivity contribution in [3.63, 3.8) is 0 Å². The lowest BCUT2D eigenvalue weighted by Crippen LogP contribution is -2.35. The summed E-state index contributed by atoms with van der Waals surface area (Å²) in [5, 5.41) is 29.7. The molecular formula is C8H6F2N2O5. The summed E-state index contributed by atoms with van der Waals surface area (Å²) >= 11 is 0. The van der Waals surface area contributed by atoms with Crippen LogP contribution in [-0.4, -0.2) is 21.0 Å². The fourth-order valence-electron chi connectivity index (χ4n) is 1.17. The molecule has 0 aliphatic rings. The zero-order valence-corrected chi connectivity index (χ0v) is 8.12. The fraction of sp³-hybridized carbons (Fsp3) is 0.250. The molecule has 1 unspecified atom stereocenters. The van der Waals surface area contributed by atoms with E-state index in [9.17, 15) is 29.0 Å². The van der Waals surface area contributed by atoms with Gasteiger partial charge in [0.2, 0.25) is 6.10 Å². The summed E-state index contributed by atoms with van der Waals surface area (Å²) in [6.45, 7) is 0. The number of benzene rings is 1. The van der Waals surface area contributed by atoms with Gasteiger partial charge in [0, 0.05) is 6.07 Å². The van der Waals surface area contributed by atoms with Crippen molar-refractivity contribution in [3.05, 3.63) is 50.1 Å². The number of halogens is 2. The molecule has 0 heterocycles. The van der Waals surface area contributed by atoms with Crippen molar-refractivity contribution in [1.29, 1.82) is 0 Å². The Bertz CT molecular complexity index is 465. The minimum Gasteiger partial charge on any atom is -0.376 e. The van der Waals surface area contributed by atoms with E-state index in [1.165, 1.54) is 6.07 Å². The topological polar surface area (TPSA) is 107 Å². The Kier molecular flexibility index (Phi) is 3.32. The van der Waals surface area contributed by atoms with Crippen LogP contribution in [0.5, 0.6) is 0 Å². The maximum Gasteiger partial charge on any atom is 0.541 e. The third-order valence-corrected chi connectivity index (χ3v) is 2.00. The van der Waals surface area contributed by atoms with Crippen molar-refractivity contribution in [2.75, 3.05) is 0 Å². The van der Waals surface area contributed by atoms with E-state index in [4.69, 9.17) is 5.11 Å². The largest absolute Gasteiger partial charge is 0.541 e. The van der Waals surface area contributed by atoms with Gasteiger partial charge in [0.1, 0.15) is 0 Å². The second kappa shape index (κ2) is 4.37. The Balaban J connectivity index is 3.26. The molecule has 17 heavy (non-hydrogen) atoms. The van der Waals surface area contributed by atoms with Crippen LogP contribution in [0, 0.1) is 20.2 Å². The predicted octanol–water partition coefficient (Wildman–Crippen LogP) is 1.50. The molecule has 0 radical (unpaired) electrons. The van der Waals surface area contributed by atoms with Gasteiger partial charge in [-0.25, -0.2) is 0 Å². The molecule has 92 valence electrons. The van der Waals surface area contributed by atoms with E-state index in [2.05, 4.69) is 0 Å². The Morgan fingerprint density at radius 1 is 1.24 bits per heavy atom. The lowest BCUT2D eigenvalue weighted by atomic mass is 10.1. The smallest absolute Gasteiger partial charge is 0.376 e. The monoisotopic (exact) mass is 248 g/mol. The van der Waals surface area contributed by atoms with E-state index in [1.54, 1.807) is 0 Å². The van der Waals surface area contributed by atoms with Crippen LogP contribution in [0.1, 0.15) is 11.7 Å². The van der Waals surface area contributed by atoms with Crippen LogP contribution >= 0.6 is 0 Å². The van der Waals surface area contributed by atoms with Crippen molar-refractivity contribution in [2.45, 2.75) is 12.2 Å². The first-order chi connectivity index (χ1) is 7.78. The lowest BCUT2D eigenvalue weighted by molar-refractivity contribution is -0.659. The maximum atomic E-state index is 12.9. The third kappa shape index (κ3) is 2.33. The first-order valence-electron chi connectivity index (χ1n) is 4.22. The number of hydrogen-bond donors (Lipinski definition) is 1. The Morgan fingerprint density at radius 2 is 1.76 bits per heavy atom. The van der Waals surface area contributed by atoms with Crippen LogP contribution in [0.15, 0.2) is 24.3 Å². The maximum absolute atomic E-state index is 12.9. The molecule has 0 amide bonds. The summed E-state index contributed by atoms with van der Waals surface area (Å²) in [6.07, 6.45) is -2.88. The summed E-state index contributed by atoms with van der Waals surface area (Å²) in [7, 11) is 0. The van der Waals surface area contributed by atoms with Crippen LogP contribution < -0.4 is 0 Å². The van der Waals surface area contributed by atoms with Crippen molar-refractivity contribution in [1.82, 2.24) is 0 Å². The Labute approximate surface area is 92.6 Å². The van der Waals surface area contributed by atoms with Crippen LogP contribution in [0.4, 0.5) is 14.5 Å². The highest BCUT2D eigenvalue weighted by Gasteiger charge is 2.54. The molecule has 0 fully saturated rings. The van der Waals surface area contributed by atoms with Crippen LogP contribution in [-0.2, 0) is 0 Å². The van der Waals surface area contributed by atoms with Gasteiger partial charge >= 0.3 is 6.05 Å². The summed E-state index contributed by atoms with van der Waals surface area (Å²) in [6, 6.07) is -0.638. The number of hydrogen-bond acceptors (Lipinski definition) is 5. The molecule has 7 nitrogen and oxygen atoms in total. The number of nitrogens with zero attached hydrogens (tertiary/aromatic N) is 2. The van der Waals surface area contributed by atoms with Crippen molar-refractivity contribution >= 4 is 5.69 Å². The van der Waals surface area contributed by atoms with Crippen LogP contribution in [0.25, 0.3) is 0 Å². The molecule has 0 spiro atoms. The number of para-hydroxylation sites is 1. The standard InChI is InChI=1S/C8H6F2N2O5/c9-8(10,12(16)17)7(13)5-3-1-2-4-6(5)11(14)15/h1-4,7,13H. The summed E-state index contributed by atoms with van der Waals surface area (Å²) in [4.78, 5) is 17.5. The quantitative estimate of drug-likeness (QED) is 0.493. The van der Waals surface area contributed by atoms with Gasteiger partial charge in [0.15, 0.2) is 0 Å². The number of aliphatic hydroxyl groups is 1. The van der Waals surface area contributed by atoms with Crippen LogP contribution in [0.3, 0.4) is 0 Å². The molecule has 0 bridgehead atoms. The van der Waals surface area contributed by atoms with Gasteiger partial charge in [-0.1, -0.05) is 12.1 Å². The molecule has 0 aliphatic heterocycles. The molecule has 1 aromatic rings. The summed E-state index contributed by atoms with van der Waals surface area (Å²) < 4.78 is 25.8. The first-order valence-corrected chi connectivity index (χ1v) is 4.22. The number of nitro groups is 2. The van der Waals surface area contributed by atoms with Gasteiger partial charge in [-0.3, -0.25) is 20.2 Å². The third-order valence-electron chi connectivity index (χ3n) is 2.00. The Morgan fingerprint density at radius 3 is 2.24 bits per heavy atom. The number of aliphatic hydroxyl groups excluding tert-OH is 1. The zero-order chi connectivity index (χ0) is 13.2. The molecule has 1 atom stereocenters. The van der Waals surface area contributed by atoms with E-state index >= 15 is 0 Å². The van der Waals surface area contributed by atoms with Gasteiger partial charge in [-0.2, -0.15) is 0 Å². The summed E-state index contributed by atoms with van der Waals surface area (Å²) in [5.41, 5.74) is -1.61. The molecule has 1 N–H and O–H groups in total. The molecule has 0 saturated carbocycles. The zero-order valence-electron chi connectivity index (χ0n) is 8.12. The lowest BCUT2D eigenvalue weighted by Gasteiger charge is -2.14. The van der Waals surface area contributed by atoms with Gasteiger partial charge in [-0.05, 0) is 6.07 Å². The van der Waals surface area contributed by atoms with Crippen molar-refractivity contribution in [3.8, 4) is 0 Å². The number of nitro benzene ring substituents is 1. The van der Waals surface area contributed by atoms with E-state index in [-0.39, 0.29) is 0 Å². The highest BCUT2D eigenvalue weighted by atomic mass is 19.3. The second-order valence-electron chi connectivity index (χ2n) is 3.06. The highest BCUT2D eigenvalue weighted by Crippen LogP contribution is 2.35.